The summed E-state index contributed by atoms with van der Waals surface area (Å²) in [5, 5.41) is 8.75. The number of nitrogens with zero attached hydrogens (tertiary/aromatic N) is 2. The van der Waals surface area contributed by atoms with E-state index in [0.717, 1.165) is 31.5 Å². The smallest absolute Gasteiger partial charge is 0.320 e. The van der Waals surface area contributed by atoms with Crippen molar-refractivity contribution in [2.24, 2.45) is 0 Å². The van der Waals surface area contributed by atoms with Crippen molar-refractivity contribution < 1.29 is 19.5 Å². The molecule has 3 rings (SSSR count). The van der Waals surface area contributed by atoms with Crippen LogP contribution in [0.1, 0.15) is 42.1 Å². The summed E-state index contributed by atoms with van der Waals surface area (Å²) in [5.41, 5.74) is 2.80. The number of hydrogen-bond acceptors (Lipinski definition) is 4. The fraction of sp³-hybridized carbons (Fsp3) is 0.529. The molecule has 0 radical (unpaired) electrons. The fourth-order valence-corrected chi connectivity index (χ4v) is 3.19. The Hall–Kier alpha value is -2.28. The van der Waals surface area contributed by atoms with E-state index < -0.39 is 5.91 Å². The summed E-state index contributed by atoms with van der Waals surface area (Å²) in [6.07, 6.45) is 3.29. The SMILES string of the molecule is C[C@H]1COc2cc(C(=O)NO)ccc2CN1C(=O)N1CCCCC1. The number of benzene rings is 1. The molecule has 1 fully saturated rings. The third kappa shape index (κ3) is 3.31. The number of likely N-dealkylation sites (tertiary alicyclic amines) is 1. The van der Waals surface area contributed by atoms with Crippen LogP contribution in [0.25, 0.3) is 0 Å². The van der Waals surface area contributed by atoms with Crippen molar-refractivity contribution >= 4 is 11.9 Å². The van der Waals surface area contributed by atoms with E-state index >= 15 is 0 Å². The number of hydrogen-bond donors (Lipinski definition) is 2. The van der Waals surface area contributed by atoms with E-state index in [1.165, 1.54) is 6.42 Å². The normalized spacial score (nSPS) is 20.7. The first-order valence-electron chi connectivity index (χ1n) is 8.36. The van der Waals surface area contributed by atoms with Crippen molar-refractivity contribution in [3.8, 4) is 5.75 Å². The standard InChI is InChI=1S/C17H23N3O4/c1-12-11-24-15-9-13(16(21)18-23)5-6-14(15)10-20(12)17(22)19-7-3-2-4-8-19/h5-6,9,12,23H,2-4,7-8,10-11H2,1H3,(H,18,21)/t12-/m0/s1. The van der Waals surface area contributed by atoms with Crippen molar-refractivity contribution in [3.63, 3.8) is 0 Å². The van der Waals surface area contributed by atoms with E-state index in [-0.39, 0.29) is 12.1 Å². The molecule has 7 heteroatoms. The van der Waals surface area contributed by atoms with Crippen LogP contribution in [0.2, 0.25) is 0 Å². The van der Waals surface area contributed by atoms with Gasteiger partial charge in [0, 0.05) is 24.2 Å². The summed E-state index contributed by atoms with van der Waals surface area (Å²) in [5.74, 6) is -0.00293. The molecule has 0 bridgehead atoms. The fourth-order valence-electron chi connectivity index (χ4n) is 3.19. The second-order valence-electron chi connectivity index (χ2n) is 6.38. The van der Waals surface area contributed by atoms with Gasteiger partial charge in [0.2, 0.25) is 0 Å². The maximum absolute atomic E-state index is 12.8. The molecule has 24 heavy (non-hydrogen) atoms. The predicted molar refractivity (Wildman–Crippen MR) is 87.0 cm³/mol. The Morgan fingerprint density at radius 2 is 2.00 bits per heavy atom. The molecule has 1 atom stereocenters. The monoisotopic (exact) mass is 333 g/mol. The van der Waals surface area contributed by atoms with Gasteiger partial charge in [0.05, 0.1) is 12.6 Å². The highest BCUT2D eigenvalue weighted by Gasteiger charge is 2.30. The van der Waals surface area contributed by atoms with E-state index in [1.54, 1.807) is 23.7 Å². The Kier molecular flexibility index (Phi) is 4.89. The van der Waals surface area contributed by atoms with Crippen molar-refractivity contribution in [3.05, 3.63) is 29.3 Å². The number of amides is 3. The van der Waals surface area contributed by atoms with Crippen molar-refractivity contribution in [2.75, 3.05) is 19.7 Å². The van der Waals surface area contributed by atoms with E-state index in [9.17, 15) is 9.59 Å². The van der Waals surface area contributed by atoms with E-state index in [1.807, 2.05) is 16.7 Å². The first-order chi connectivity index (χ1) is 11.6. The largest absolute Gasteiger partial charge is 0.491 e. The van der Waals surface area contributed by atoms with Crippen LogP contribution in [0.5, 0.6) is 5.75 Å². The number of ether oxygens (including phenoxy) is 1. The highest BCUT2D eigenvalue weighted by molar-refractivity contribution is 5.93. The molecule has 130 valence electrons. The quantitative estimate of drug-likeness (QED) is 0.608. The Bertz CT molecular complexity index is 628. The molecule has 0 spiro atoms. The number of rotatable bonds is 1. The number of hydroxylamine groups is 1. The van der Waals surface area contributed by atoms with Gasteiger partial charge in [0.1, 0.15) is 12.4 Å². The highest BCUT2D eigenvalue weighted by atomic mass is 16.5. The summed E-state index contributed by atoms with van der Waals surface area (Å²) < 4.78 is 5.79. The number of urea groups is 1. The highest BCUT2D eigenvalue weighted by Crippen LogP contribution is 2.27. The third-order valence-electron chi connectivity index (χ3n) is 4.66. The molecule has 0 aromatic heterocycles. The summed E-state index contributed by atoms with van der Waals surface area (Å²) in [6.45, 7) is 4.41. The molecule has 1 saturated heterocycles. The van der Waals surface area contributed by atoms with Gasteiger partial charge in [-0.3, -0.25) is 10.0 Å². The van der Waals surface area contributed by atoms with Gasteiger partial charge in [-0.25, -0.2) is 10.3 Å². The zero-order valence-electron chi connectivity index (χ0n) is 13.8. The lowest BCUT2D eigenvalue weighted by atomic mass is 10.1. The van der Waals surface area contributed by atoms with Gasteiger partial charge in [-0.2, -0.15) is 0 Å². The van der Waals surface area contributed by atoms with Crippen LogP contribution in [-0.4, -0.2) is 52.7 Å². The molecular formula is C17H23N3O4. The molecule has 0 saturated carbocycles. The van der Waals surface area contributed by atoms with E-state index in [2.05, 4.69) is 0 Å². The number of nitrogens with one attached hydrogen (secondary N) is 1. The first kappa shape index (κ1) is 16.6. The van der Waals surface area contributed by atoms with Crippen LogP contribution in [0, 0.1) is 0 Å². The van der Waals surface area contributed by atoms with Crippen LogP contribution in [-0.2, 0) is 6.54 Å². The summed E-state index contributed by atoms with van der Waals surface area (Å²) in [6, 6.07) is 4.99. The maximum atomic E-state index is 12.8. The van der Waals surface area contributed by atoms with Crippen molar-refractivity contribution in [1.82, 2.24) is 15.3 Å². The van der Waals surface area contributed by atoms with Gasteiger partial charge >= 0.3 is 6.03 Å². The minimum Gasteiger partial charge on any atom is -0.491 e. The third-order valence-corrected chi connectivity index (χ3v) is 4.66. The second kappa shape index (κ2) is 7.09. The molecule has 2 aliphatic rings. The molecule has 1 aromatic rings. The Balaban J connectivity index is 1.81. The van der Waals surface area contributed by atoms with Crippen LogP contribution in [0.4, 0.5) is 4.79 Å². The van der Waals surface area contributed by atoms with Crippen LogP contribution < -0.4 is 10.2 Å². The maximum Gasteiger partial charge on any atom is 0.320 e. The van der Waals surface area contributed by atoms with Crippen LogP contribution in [0.15, 0.2) is 18.2 Å². The Morgan fingerprint density at radius 1 is 1.25 bits per heavy atom. The number of fused-ring (bicyclic) bond motifs is 1. The zero-order valence-corrected chi connectivity index (χ0v) is 13.8. The molecule has 2 aliphatic heterocycles. The average Bonchev–Trinajstić information content (AvgIpc) is 2.80. The summed E-state index contributed by atoms with van der Waals surface area (Å²) >= 11 is 0. The molecule has 3 amide bonds. The molecule has 2 N–H and O–H groups in total. The minimum atomic E-state index is -0.583. The molecule has 2 heterocycles. The van der Waals surface area contributed by atoms with Gasteiger partial charge in [-0.15, -0.1) is 0 Å². The summed E-state index contributed by atoms with van der Waals surface area (Å²) in [4.78, 5) is 28.1. The number of piperidine rings is 1. The first-order valence-corrected chi connectivity index (χ1v) is 8.36. The molecule has 0 unspecified atom stereocenters. The minimum absolute atomic E-state index is 0.0517. The van der Waals surface area contributed by atoms with Gasteiger partial charge in [-0.1, -0.05) is 6.07 Å². The molecule has 7 nitrogen and oxygen atoms in total. The predicted octanol–water partition coefficient (Wildman–Crippen LogP) is 1.99. The van der Waals surface area contributed by atoms with Gasteiger partial charge < -0.3 is 14.5 Å². The average molecular weight is 333 g/mol. The number of carbonyl (C=O) groups excluding carboxylic acids is 2. The molecule has 1 aromatic carbocycles. The summed E-state index contributed by atoms with van der Waals surface area (Å²) in [7, 11) is 0. The van der Waals surface area contributed by atoms with Gasteiger partial charge in [0.25, 0.3) is 5.91 Å². The second-order valence-corrected chi connectivity index (χ2v) is 6.38. The lowest BCUT2D eigenvalue weighted by molar-refractivity contribution is 0.0706. The number of carbonyl (C=O) groups is 2. The van der Waals surface area contributed by atoms with Crippen LogP contribution in [0.3, 0.4) is 0 Å². The molecular weight excluding hydrogens is 310 g/mol. The van der Waals surface area contributed by atoms with Gasteiger partial charge in [-0.05, 0) is 38.3 Å². The lowest BCUT2D eigenvalue weighted by Gasteiger charge is -2.35. The van der Waals surface area contributed by atoms with E-state index in [4.69, 9.17) is 9.94 Å². The molecule has 0 aliphatic carbocycles. The Morgan fingerprint density at radius 3 is 2.71 bits per heavy atom. The Labute approximate surface area is 141 Å². The van der Waals surface area contributed by atoms with Crippen molar-refractivity contribution in [1.29, 1.82) is 0 Å². The topological polar surface area (TPSA) is 82.1 Å². The van der Waals surface area contributed by atoms with Crippen LogP contribution >= 0.6 is 0 Å². The van der Waals surface area contributed by atoms with E-state index in [0.29, 0.717) is 24.5 Å². The zero-order chi connectivity index (χ0) is 17.1. The van der Waals surface area contributed by atoms with Gasteiger partial charge in [0.15, 0.2) is 0 Å². The van der Waals surface area contributed by atoms with Crippen molar-refractivity contribution in [2.45, 2.75) is 38.8 Å². The lowest BCUT2D eigenvalue weighted by Crippen LogP contribution is -2.49.